The second kappa shape index (κ2) is 4.30. The van der Waals surface area contributed by atoms with Crippen molar-refractivity contribution >= 4 is 11.6 Å². The van der Waals surface area contributed by atoms with Crippen molar-refractivity contribution in [2.75, 3.05) is 6.61 Å². The summed E-state index contributed by atoms with van der Waals surface area (Å²) in [6, 6.07) is 0. The average Bonchev–Trinajstić information content (AvgIpc) is 2.12. The molecule has 0 bridgehead atoms. The number of hydrogen-bond acceptors (Lipinski definition) is 3. The summed E-state index contributed by atoms with van der Waals surface area (Å²) in [5.74, 6) is -0.209. The number of rotatable bonds is 3. The van der Waals surface area contributed by atoms with Crippen LogP contribution in [0.25, 0.3) is 0 Å². The van der Waals surface area contributed by atoms with Gasteiger partial charge in [0.25, 0.3) is 5.56 Å². The van der Waals surface area contributed by atoms with E-state index in [1.807, 2.05) is 0 Å². The summed E-state index contributed by atoms with van der Waals surface area (Å²) >= 11 is 5.59. The molecule has 1 heterocycles. The fourth-order valence-electron chi connectivity index (χ4n) is 0.874. The van der Waals surface area contributed by atoms with Gasteiger partial charge in [-0.1, -0.05) is 11.6 Å². The maximum Gasteiger partial charge on any atom is 0.257 e. The van der Waals surface area contributed by atoms with Crippen LogP contribution in [-0.4, -0.2) is 16.7 Å². The summed E-state index contributed by atoms with van der Waals surface area (Å²) in [5, 5.41) is 9.49. The Labute approximate surface area is 80.1 Å². The predicted octanol–water partition coefficient (Wildman–Crippen LogP) is 1.27. The third-order valence-corrected chi connectivity index (χ3v) is 1.85. The van der Waals surface area contributed by atoms with Gasteiger partial charge in [-0.3, -0.25) is 4.79 Å². The van der Waals surface area contributed by atoms with Gasteiger partial charge < -0.3 is 14.8 Å². The van der Waals surface area contributed by atoms with Gasteiger partial charge in [-0.15, -0.1) is 0 Å². The molecular formula is C8H10ClNO3. The molecule has 0 atom stereocenters. The topological polar surface area (TPSA) is 62.3 Å². The van der Waals surface area contributed by atoms with Crippen LogP contribution in [0.15, 0.2) is 11.0 Å². The maximum atomic E-state index is 11.1. The molecule has 4 nitrogen and oxygen atoms in total. The Hall–Kier alpha value is -1.00. The number of aromatic nitrogens is 1. The monoisotopic (exact) mass is 203 g/mol. The van der Waals surface area contributed by atoms with Crippen molar-refractivity contribution < 1.29 is 9.84 Å². The van der Waals surface area contributed by atoms with E-state index in [4.69, 9.17) is 16.3 Å². The zero-order valence-electron chi connectivity index (χ0n) is 7.13. The minimum absolute atomic E-state index is 0.0677. The van der Waals surface area contributed by atoms with Crippen molar-refractivity contribution in [1.29, 1.82) is 0 Å². The lowest BCUT2D eigenvalue weighted by atomic mass is 10.2. The van der Waals surface area contributed by atoms with Crippen molar-refractivity contribution in [3.05, 3.63) is 27.1 Å². The maximum absolute atomic E-state index is 11.1. The summed E-state index contributed by atoms with van der Waals surface area (Å²) in [6.07, 6.45) is 1.24. The molecule has 0 amide bonds. The quantitative estimate of drug-likeness (QED) is 0.778. The predicted molar refractivity (Wildman–Crippen MR) is 49.1 cm³/mol. The van der Waals surface area contributed by atoms with Gasteiger partial charge in [0.1, 0.15) is 5.75 Å². The molecule has 1 rings (SSSR count). The highest BCUT2D eigenvalue weighted by atomic mass is 35.5. The van der Waals surface area contributed by atoms with Crippen molar-refractivity contribution in [1.82, 2.24) is 4.98 Å². The number of aromatic amines is 1. The lowest BCUT2D eigenvalue weighted by Gasteiger charge is -2.04. The van der Waals surface area contributed by atoms with E-state index in [0.717, 1.165) is 0 Å². The van der Waals surface area contributed by atoms with Crippen LogP contribution in [0.2, 0.25) is 5.02 Å². The Bertz CT molecular complexity index is 348. The molecule has 0 saturated carbocycles. The van der Waals surface area contributed by atoms with Crippen LogP contribution in [0.4, 0.5) is 0 Å². The Kier molecular flexibility index (Phi) is 3.33. The summed E-state index contributed by atoms with van der Waals surface area (Å²) in [7, 11) is 0. The van der Waals surface area contributed by atoms with Gasteiger partial charge in [0.2, 0.25) is 0 Å². The second-order valence-electron chi connectivity index (χ2n) is 2.43. The molecule has 0 spiro atoms. The summed E-state index contributed by atoms with van der Waals surface area (Å²) in [5.41, 5.74) is -0.218. The smallest absolute Gasteiger partial charge is 0.257 e. The molecule has 1 aromatic heterocycles. The number of aromatic hydroxyl groups is 1. The zero-order chi connectivity index (χ0) is 9.84. The Balaban J connectivity index is 3.03. The first-order valence-corrected chi connectivity index (χ1v) is 4.21. The van der Waals surface area contributed by atoms with Crippen molar-refractivity contribution in [3.8, 4) is 5.75 Å². The molecule has 5 heteroatoms. The van der Waals surface area contributed by atoms with Crippen LogP contribution in [0, 0.1) is 0 Å². The fraction of sp³-hybridized carbons (Fsp3) is 0.375. The first-order chi connectivity index (χ1) is 6.16. The van der Waals surface area contributed by atoms with Crippen LogP contribution in [0.3, 0.4) is 0 Å². The lowest BCUT2D eigenvalue weighted by molar-refractivity contribution is 0.131. The zero-order valence-corrected chi connectivity index (χ0v) is 7.89. The molecular weight excluding hydrogens is 194 g/mol. The SMILES string of the molecule is CCOCc1c(O)c(Cl)c[nH]c1=O. The highest BCUT2D eigenvalue weighted by Gasteiger charge is 2.09. The molecule has 1 aromatic rings. The van der Waals surface area contributed by atoms with E-state index in [-0.39, 0.29) is 28.5 Å². The Morgan fingerprint density at radius 3 is 3.00 bits per heavy atom. The van der Waals surface area contributed by atoms with Gasteiger partial charge in [0.05, 0.1) is 17.2 Å². The summed E-state index contributed by atoms with van der Waals surface area (Å²) < 4.78 is 5.00. The van der Waals surface area contributed by atoms with E-state index >= 15 is 0 Å². The van der Waals surface area contributed by atoms with Crippen molar-refractivity contribution in [2.45, 2.75) is 13.5 Å². The fourth-order valence-corrected chi connectivity index (χ4v) is 1.04. The van der Waals surface area contributed by atoms with Gasteiger partial charge >= 0.3 is 0 Å². The molecule has 72 valence electrons. The van der Waals surface area contributed by atoms with Crippen LogP contribution in [0.5, 0.6) is 5.75 Å². The molecule has 0 aliphatic carbocycles. The molecule has 0 aliphatic rings. The lowest BCUT2D eigenvalue weighted by Crippen LogP contribution is -2.13. The Morgan fingerprint density at radius 1 is 1.69 bits per heavy atom. The normalized spacial score (nSPS) is 10.3. The molecule has 0 aromatic carbocycles. The third kappa shape index (κ3) is 2.23. The van der Waals surface area contributed by atoms with E-state index in [2.05, 4.69) is 4.98 Å². The number of hydrogen-bond donors (Lipinski definition) is 2. The largest absolute Gasteiger partial charge is 0.506 e. The van der Waals surface area contributed by atoms with Gasteiger partial charge in [-0.2, -0.15) is 0 Å². The van der Waals surface area contributed by atoms with Crippen LogP contribution >= 0.6 is 11.6 Å². The van der Waals surface area contributed by atoms with Gasteiger partial charge in [-0.25, -0.2) is 0 Å². The molecule has 0 radical (unpaired) electrons. The van der Waals surface area contributed by atoms with Gasteiger partial charge in [0.15, 0.2) is 0 Å². The highest BCUT2D eigenvalue weighted by molar-refractivity contribution is 6.31. The van der Waals surface area contributed by atoms with E-state index < -0.39 is 0 Å². The number of nitrogens with one attached hydrogen (secondary N) is 1. The molecule has 0 aliphatic heterocycles. The standard InChI is InChI=1S/C8H10ClNO3/c1-2-13-4-5-7(11)6(9)3-10-8(5)12/h3H,2,4H2,1H3,(H2,10,11,12). The molecule has 0 unspecified atom stereocenters. The van der Waals surface area contributed by atoms with Crippen molar-refractivity contribution in [3.63, 3.8) is 0 Å². The molecule has 0 saturated heterocycles. The van der Waals surface area contributed by atoms with Crippen LogP contribution < -0.4 is 5.56 Å². The minimum atomic E-state index is -0.379. The highest BCUT2D eigenvalue weighted by Crippen LogP contribution is 2.23. The second-order valence-corrected chi connectivity index (χ2v) is 2.84. The van der Waals surface area contributed by atoms with Crippen LogP contribution in [-0.2, 0) is 11.3 Å². The Morgan fingerprint density at radius 2 is 2.38 bits per heavy atom. The number of halogens is 1. The third-order valence-electron chi connectivity index (χ3n) is 1.57. The number of H-pyrrole nitrogens is 1. The molecule has 0 fully saturated rings. The number of pyridine rings is 1. The first-order valence-electron chi connectivity index (χ1n) is 3.83. The summed E-state index contributed by atoms with van der Waals surface area (Å²) in [6.45, 7) is 2.35. The number of ether oxygens (including phenoxy) is 1. The minimum Gasteiger partial charge on any atom is -0.506 e. The summed E-state index contributed by atoms with van der Waals surface area (Å²) in [4.78, 5) is 13.5. The molecule has 13 heavy (non-hydrogen) atoms. The van der Waals surface area contributed by atoms with E-state index in [1.54, 1.807) is 6.92 Å². The average molecular weight is 204 g/mol. The van der Waals surface area contributed by atoms with Gasteiger partial charge in [-0.05, 0) is 6.92 Å². The van der Waals surface area contributed by atoms with E-state index in [1.165, 1.54) is 6.20 Å². The van der Waals surface area contributed by atoms with E-state index in [9.17, 15) is 9.90 Å². The van der Waals surface area contributed by atoms with Crippen LogP contribution in [0.1, 0.15) is 12.5 Å². The van der Waals surface area contributed by atoms with Crippen molar-refractivity contribution in [2.24, 2.45) is 0 Å². The van der Waals surface area contributed by atoms with E-state index in [0.29, 0.717) is 6.61 Å². The van der Waals surface area contributed by atoms with Gasteiger partial charge in [0, 0.05) is 12.8 Å². The first kappa shape index (κ1) is 10.1. The molecule has 2 N–H and O–H groups in total.